The van der Waals surface area contributed by atoms with Crippen molar-refractivity contribution in [2.45, 2.75) is 52.7 Å². The van der Waals surface area contributed by atoms with Crippen LogP contribution in [0.5, 0.6) is 5.75 Å². The molecule has 2 saturated heterocycles. The molecule has 2 bridgehead atoms. The standard InChI is InChI=1S/C33H39N3O5S/c1-4-40-26-11-12-35(17-26)31(37)22-6-9-25(21(3)14-22)18-41-29-10-5-20(2)13-27(29)28-19-42-33(34-28)36-15-23-7-8-24(16-36)30(23)32(38)39/h5-6,9-10,13-14,19,23-24,26,30H,4,7-8,11-12,15-18H2,1-3H3,(H,38,39)/t23-,24?,26?,30?/m1/s1. The number of hydrogen-bond donors (Lipinski definition) is 1. The van der Waals surface area contributed by atoms with Crippen LogP contribution < -0.4 is 9.64 Å². The van der Waals surface area contributed by atoms with Crippen molar-refractivity contribution < 1.29 is 24.2 Å². The van der Waals surface area contributed by atoms with Crippen LogP contribution in [0.3, 0.4) is 0 Å². The second kappa shape index (κ2) is 12.1. The lowest BCUT2D eigenvalue weighted by molar-refractivity contribution is -0.144. The molecule has 3 fully saturated rings. The van der Waals surface area contributed by atoms with Crippen LogP contribution in [-0.4, -0.2) is 65.8 Å². The molecule has 1 aliphatic carbocycles. The Labute approximate surface area is 251 Å². The number of aliphatic carboxylic acids is 1. The third-order valence-electron chi connectivity index (χ3n) is 9.10. The lowest BCUT2D eigenvalue weighted by Gasteiger charge is -2.35. The fraction of sp³-hybridized carbons (Fsp3) is 0.485. The van der Waals surface area contributed by atoms with E-state index in [1.165, 1.54) is 0 Å². The second-order valence-corrected chi connectivity index (χ2v) is 12.8. The van der Waals surface area contributed by atoms with Gasteiger partial charge in [-0.15, -0.1) is 11.3 Å². The van der Waals surface area contributed by atoms with Gasteiger partial charge in [-0.3, -0.25) is 9.59 Å². The van der Waals surface area contributed by atoms with Crippen molar-refractivity contribution in [2.75, 3.05) is 37.7 Å². The molecule has 3 aromatic rings. The monoisotopic (exact) mass is 589 g/mol. The van der Waals surface area contributed by atoms with Gasteiger partial charge in [-0.1, -0.05) is 17.7 Å². The van der Waals surface area contributed by atoms with Gasteiger partial charge in [0, 0.05) is 49.3 Å². The molecule has 1 saturated carbocycles. The van der Waals surface area contributed by atoms with Crippen molar-refractivity contribution in [3.8, 4) is 17.0 Å². The molecule has 9 heteroatoms. The van der Waals surface area contributed by atoms with E-state index in [1.807, 2.05) is 49.1 Å². The van der Waals surface area contributed by atoms with E-state index in [1.54, 1.807) is 11.3 Å². The maximum absolute atomic E-state index is 13.1. The van der Waals surface area contributed by atoms with E-state index in [0.29, 0.717) is 25.3 Å². The summed E-state index contributed by atoms with van der Waals surface area (Å²) in [4.78, 5) is 34.0. The number of carboxylic acid groups (broad SMARTS) is 1. The summed E-state index contributed by atoms with van der Waals surface area (Å²) in [5.41, 5.74) is 5.69. The Bertz CT molecular complexity index is 1460. The van der Waals surface area contributed by atoms with Gasteiger partial charge in [0.05, 0.1) is 17.7 Å². The zero-order chi connectivity index (χ0) is 29.4. The topological polar surface area (TPSA) is 92.2 Å². The minimum atomic E-state index is -0.651. The van der Waals surface area contributed by atoms with E-state index >= 15 is 0 Å². The Morgan fingerprint density at radius 1 is 1.05 bits per heavy atom. The molecule has 3 unspecified atom stereocenters. The van der Waals surface area contributed by atoms with E-state index in [9.17, 15) is 14.7 Å². The zero-order valence-electron chi connectivity index (χ0n) is 24.5. The molecule has 0 spiro atoms. The van der Waals surface area contributed by atoms with Crippen LogP contribution >= 0.6 is 11.3 Å². The molecule has 2 aliphatic heterocycles. The number of fused-ring (bicyclic) bond motifs is 2. The van der Waals surface area contributed by atoms with Crippen molar-refractivity contribution in [1.82, 2.24) is 9.88 Å². The minimum absolute atomic E-state index is 0.0492. The Balaban J connectivity index is 1.14. The van der Waals surface area contributed by atoms with Gasteiger partial charge in [0.25, 0.3) is 5.91 Å². The highest BCUT2D eigenvalue weighted by atomic mass is 32.1. The number of ether oxygens (including phenoxy) is 2. The summed E-state index contributed by atoms with van der Waals surface area (Å²) < 4.78 is 12.1. The smallest absolute Gasteiger partial charge is 0.307 e. The first-order valence-corrected chi connectivity index (χ1v) is 15.9. The van der Waals surface area contributed by atoms with Crippen LogP contribution in [0.15, 0.2) is 41.8 Å². The van der Waals surface area contributed by atoms with Crippen molar-refractivity contribution in [2.24, 2.45) is 17.8 Å². The number of aryl methyl sites for hydroxylation is 2. The number of rotatable bonds is 9. The highest BCUT2D eigenvalue weighted by molar-refractivity contribution is 7.14. The van der Waals surface area contributed by atoms with Crippen LogP contribution in [0, 0.1) is 31.6 Å². The van der Waals surface area contributed by atoms with E-state index in [0.717, 1.165) is 77.7 Å². The summed E-state index contributed by atoms with van der Waals surface area (Å²) in [5, 5.41) is 12.7. The third kappa shape index (κ3) is 5.77. The van der Waals surface area contributed by atoms with E-state index in [4.69, 9.17) is 14.5 Å². The van der Waals surface area contributed by atoms with E-state index < -0.39 is 5.97 Å². The normalized spacial score (nSPS) is 23.4. The number of piperidine rings is 1. The lowest BCUT2D eigenvalue weighted by atomic mass is 9.85. The Morgan fingerprint density at radius 2 is 1.83 bits per heavy atom. The number of carboxylic acids is 1. The number of anilines is 1. The molecule has 0 radical (unpaired) electrons. The number of thiazole rings is 1. The molecular formula is C33H39N3O5S. The molecule has 3 heterocycles. The number of carbonyl (C=O) groups excluding carboxylic acids is 1. The fourth-order valence-corrected chi connectivity index (χ4v) is 7.74. The highest BCUT2D eigenvalue weighted by Crippen LogP contribution is 2.44. The van der Waals surface area contributed by atoms with Crippen LogP contribution in [0.2, 0.25) is 0 Å². The van der Waals surface area contributed by atoms with Crippen molar-refractivity contribution >= 4 is 28.3 Å². The van der Waals surface area contributed by atoms with E-state index in [2.05, 4.69) is 23.3 Å². The first kappa shape index (κ1) is 28.7. The van der Waals surface area contributed by atoms with Gasteiger partial charge >= 0.3 is 5.97 Å². The first-order chi connectivity index (χ1) is 20.3. The molecule has 1 amide bonds. The molecule has 42 heavy (non-hydrogen) atoms. The summed E-state index contributed by atoms with van der Waals surface area (Å²) in [6.07, 6.45) is 2.97. The summed E-state index contributed by atoms with van der Waals surface area (Å²) in [6.45, 7) is 9.99. The molecular weight excluding hydrogens is 550 g/mol. The van der Waals surface area contributed by atoms with Crippen molar-refractivity contribution in [1.29, 1.82) is 0 Å². The number of carbonyl (C=O) groups is 2. The van der Waals surface area contributed by atoms with Crippen LogP contribution in [0.25, 0.3) is 11.3 Å². The van der Waals surface area contributed by atoms with E-state index in [-0.39, 0.29) is 29.8 Å². The predicted molar refractivity (Wildman–Crippen MR) is 163 cm³/mol. The summed E-state index contributed by atoms with van der Waals surface area (Å²) in [6, 6.07) is 12.0. The Morgan fingerprint density at radius 3 is 2.55 bits per heavy atom. The fourth-order valence-electron chi connectivity index (χ4n) is 6.90. The lowest BCUT2D eigenvalue weighted by Crippen LogP contribution is -2.44. The number of aromatic nitrogens is 1. The SMILES string of the molecule is CCOC1CCN(C(=O)c2ccc(COc3ccc(C)cc3-c3csc(N4CC5CC[C@H](C4)C5C(=O)O)n3)c(C)c2)C1. The maximum atomic E-state index is 13.1. The molecule has 8 nitrogen and oxygen atoms in total. The number of amides is 1. The highest BCUT2D eigenvalue weighted by Gasteiger charge is 2.46. The molecule has 6 rings (SSSR count). The zero-order valence-corrected chi connectivity index (χ0v) is 25.4. The first-order valence-electron chi connectivity index (χ1n) is 15.0. The average molecular weight is 590 g/mol. The van der Waals surface area contributed by atoms with Crippen molar-refractivity contribution in [3.05, 3.63) is 64.0 Å². The third-order valence-corrected chi connectivity index (χ3v) is 10.0. The number of likely N-dealkylation sites (tertiary alicyclic amines) is 1. The molecule has 1 aromatic heterocycles. The predicted octanol–water partition coefficient (Wildman–Crippen LogP) is 5.80. The van der Waals surface area contributed by atoms with Gasteiger partial charge in [-0.25, -0.2) is 4.98 Å². The van der Waals surface area contributed by atoms with Gasteiger partial charge in [-0.2, -0.15) is 0 Å². The quantitative estimate of drug-likeness (QED) is 0.337. The number of benzene rings is 2. The van der Waals surface area contributed by atoms with Gasteiger partial charge in [0.2, 0.25) is 0 Å². The van der Waals surface area contributed by atoms with Gasteiger partial charge in [0.15, 0.2) is 5.13 Å². The Kier molecular flexibility index (Phi) is 8.23. The van der Waals surface area contributed by atoms with Crippen LogP contribution in [-0.2, 0) is 16.1 Å². The second-order valence-electron chi connectivity index (χ2n) is 11.9. The minimum Gasteiger partial charge on any atom is -0.488 e. The molecule has 4 atom stereocenters. The number of hydrogen-bond acceptors (Lipinski definition) is 7. The maximum Gasteiger partial charge on any atom is 0.307 e. The number of nitrogens with zero attached hydrogens (tertiary/aromatic N) is 3. The van der Waals surface area contributed by atoms with Gasteiger partial charge < -0.3 is 24.4 Å². The molecule has 2 aromatic carbocycles. The molecule has 1 N–H and O–H groups in total. The summed E-state index contributed by atoms with van der Waals surface area (Å²) in [7, 11) is 0. The van der Waals surface area contributed by atoms with Crippen molar-refractivity contribution in [3.63, 3.8) is 0 Å². The largest absolute Gasteiger partial charge is 0.488 e. The van der Waals surface area contributed by atoms with Gasteiger partial charge in [0.1, 0.15) is 12.4 Å². The van der Waals surface area contributed by atoms with Gasteiger partial charge in [-0.05, 0) is 87.3 Å². The molecule has 222 valence electrons. The summed E-state index contributed by atoms with van der Waals surface area (Å²) >= 11 is 1.61. The Hall–Kier alpha value is -3.43. The molecule has 3 aliphatic rings. The summed E-state index contributed by atoms with van der Waals surface area (Å²) in [5.74, 6) is 0.328. The van der Waals surface area contributed by atoms with Crippen LogP contribution in [0.1, 0.15) is 53.2 Å². The van der Waals surface area contributed by atoms with Crippen LogP contribution in [0.4, 0.5) is 5.13 Å². The average Bonchev–Trinajstić information content (AvgIpc) is 3.71.